The molecular weight excluding hydrogens is 211 g/mol. The first-order chi connectivity index (χ1) is 6.91. The summed E-state index contributed by atoms with van der Waals surface area (Å²) in [5.41, 5.74) is 0.671. The topological polar surface area (TPSA) is 60.9 Å². The van der Waals surface area contributed by atoms with Crippen molar-refractivity contribution in [1.82, 2.24) is 15.5 Å². The Kier molecular flexibility index (Phi) is 3.70. The summed E-state index contributed by atoms with van der Waals surface area (Å²) in [4.78, 5) is 0. The smallest absolute Gasteiger partial charge is 0.382 e. The number of hydrogen-bond donors (Lipinski definition) is 3. The molecule has 2 unspecified atom stereocenters. The van der Waals surface area contributed by atoms with Crippen LogP contribution in [0.3, 0.4) is 0 Å². The minimum absolute atomic E-state index is 0.315. The van der Waals surface area contributed by atoms with E-state index in [2.05, 4.69) is 15.5 Å². The van der Waals surface area contributed by atoms with Crippen molar-refractivity contribution < 1.29 is 18.3 Å². The number of H-pyrrole nitrogens is 1. The van der Waals surface area contributed by atoms with E-state index in [1.165, 1.54) is 6.20 Å². The van der Waals surface area contributed by atoms with E-state index in [4.69, 9.17) is 5.11 Å². The monoisotopic (exact) mass is 223 g/mol. The highest BCUT2D eigenvalue weighted by atomic mass is 19.4. The van der Waals surface area contributed by atoms with E-state index >= 15 is 0 Å². The zero-order chi connectivity index (χ0) is 11.5. The molecule has 7 heteroatoms. The maximum Gasteiger partial charge on any atom is 0.415 e. The third-order valence-electron chi connectivity index (χ3n) is 1.98. The molecule has 0 amide bonds. The molecule has 1 heterocycles. The molecular formula is C8H12F3N3O. The van der Waals surface area contributed by atoms with Gasteiger partial charge in [-0.15, -0.1) is 0 Å². The Bertz CT molecular complexity index is 286. The van der Waals surface area contributed by atoms with Gasteiger partial charge in [-0.3, -0.25) is 5.10 Å². The van der Waals surface area contributed by atoms with Crippen LogP contribution in [-0.4, -0.2) is 34.1 Å². The summed E-state index contributed by atoms with van der Waals surface area (Å²) in [7, 11) is 0. The number of halogens is 3. The van der Waals surface area contributed by atoms with Crippen molar-refractivity contribution in [2.24, 2.45) is 0 Å². The number of aliphatic hydroxyl groups is 1. The van der Waals surface area contributed by atoms with Gasteiger partial charge in [0.25, 0.3) is 0 Å². The normalized spacial score (nSPS) is 16.3. The molecule has 1 aromatic rings. The predicted octanol–water partition coefficient (Wildman–Crippen LogP) is 0.984. The van der Waals surface area contributed by atoms with Gasteiger partial charge in [0.1, 0.15) is 0 Å². The van der Waals surface area contributed by atoms with E-state index < -0.39 is 18.8 Å². The molecule has 86 valence electrons. The number of rotatable bonds is 4. The van der Waals surface area contributed by atoms with Crippen molar-refractivity contribution in [3.05, 3.63) is 18.0 Å². The third kappa shape index (κ3) is 3.52. The van der Waals surface area contributed by atoms with Crippen LogP contribution in [-0.2, 0) is 0 Å². The second-order valence-corrected chi connectivity index (χ2v) is 3.20. The number of nitrogens with one attached hydrogen (secondary N) is 2. The van der Waals surface area contributed by atoms with E-state index in [1.54, 1.807) is 13.0 Å². The van der Waals surface area contributed by atoms with Crippen LogP contribution >= 0.6 is 0 Å². The molecule has 4 nitrogen and oxygen atoms in total. The number of aliphatic hydroxyl groups excluding tert-OH is 1. The van der Waals surface area contributed by atoms with Gasteiger partial charge in [-0.2, -0.15) is 18.3 Å². The predicted molar refractivity (Wildman–Crippen MR) is 47.1 cm³/mol. The zero-order valence-corrected chi connectivity index (χ0v) is 8.04. The number of aromatic nitrogens is 2. The van der Waals surface area contributed by atoms with Crippen molar-refractivity contribution in [3.63, 3.8) is 0 Å². The summed E-state index contributed by atoms with van der Waals surface area (Å²) in [6, 6.07) is 1.34. The fraction of sp³-hybridized carbons (Fsp3) is 0.625. The molecule has 0 aromatic carbocycles. The molecule has 0 radical (unpaired) electrons. The first kappa shape index (κ1) is 12.0. The van der Waals surface area contributed by atoms with Crippen molar-refractivity contribution in [1.29, 1.82) is 0 Å². The Labute approximate surface area is 84.5 Å². The Hall–Kier alpha value is -1.08. The summed E-state index contributed by atoms with van der Waals surface area (Å²) >= 11 is 0. The van der Waals surface area contributed by atoms with Gasteiger partial charge < -0.3 is 10.4 Å². The molecule has 15 heavy (non-hydrogen) atoms. The summed E-state index contributed by atoms with van der Waals surface area (Å²) in [6.45, 7) is 1.14. The van der Waals surface area contributed by atoms with E-state index in [9.17, 15) is 13.2 Å². The highest BCUT2D eigenvalue weighted by Crippen LogP contribution is 2.20. The lowest BCUT2D eigenvalue weighted by Crippen LogP contribution is -2.39. The summed E-state index contributed by atoms with van der Waals surface area (Å²) in [6.07, 6.45) is -5.42. The third-order valence-corrected chi connectivity index (χ3v) is 1.98. The van der Waals surface area contributed by atoms with Crippen molar-refractivity contribution in [3.8, 4) is 0 Å². The first-order valence-electron chi connectivity index (χ1n) is 4.38. The molecule has 0 aliphatic carbocycles. The Morgan fingerprint density at radius 3 is 2.73 bits per heavy atom. The average Bonchev–Trinajstić information content (AvgIpc) is 2.64. The van der Waals surface area contributed by atoms with Gasteiger partial charge in [0.2, 0.25) is 0 Å². The number of nitrogens with zero attached hydrogens (tertiary/aromatic N) is 1. The molecule has 0 spiro atoms. The minimum Gasteiger partial charge on any atom is -0.382 e. The van der Waals surface area contributed by atoms with Gasteiger partial charge in [0.15, 0.2) is 6.10 Å². The molecule has 0 saturated heterocycles. The fourth-order valence-electron chi connectivity index (χ4n) is 1.02. The summed E-state index contributed by atoms with van der Waals surface area (Å²) < 4.78 is 35.8. The Morgan fingerprint density at radius 1 is 1.60 bits per heavy atom. The number of hydrogen-bond acceptors (Lipinski definition) is 3. The van der Waals surface area contributed by atoms with Crippen LogP contribution in [0.25, 0.3) is 0 Å². The fourth-order valence-corrected chi connectivity index (χ4v) is 1.02. The van der Waals surface area contributed by atoms with Gasteiger partial charge in [0, 0.05) is 18.8 Å². The van der Waals surface area contributed by atoms with E-state index in [1.807, 2.05) is 0 Å². The molecule has 0 saturated carbocycles. The second kappa shape index (κ2) is 4.63. The van der Waals surface area contributed by atoms with Gasteiger partial charge in [-0.25, -0.2) is 0 Å². The Balaban J connectivity index is 2.38. The standard InChI is InChI=1S/C8H12F3N3O/c1-5(6-2-3-13-14-6)12-4-7(15)8(9,10)11/h2-3,5,7,12,15H,4H2,1H3,(H,13,14). The van der Waals surface area contributed by atoms with Crippen molar-refractivity contribution in [2.45, 2.75) is 25.2 Å². The molecule has 3 N–H and O–H groups in total. The summed E-state index contributed by atoms with van der Waals surface area (Å²) in [5, 5.41) is 17.6. The van der Waals surface area contributed by atoms with Crippen molar-refractivity contribution >= 4 is 0 Å². The lowest BCUT2D eigenvalue weighted by atomic mass is 10.2. The number of alkyl halides is 3. The van der Waals surface area contributed by atoms with Crippen LogP contribution in [0.4, 0.5) is 13.2 Å². The number of aromatic amines is 1. The van der Waals surface area contributed by atoms with Crippen LogP contribution in [0.15, 0.2) is 12.3 Å². The molecule has 0 aliphatic heterocycles. The second-order valence-electron chi connectivity index (χ2n) is 3.20. The first-order valence-corrected chi connectivity index (χ1v) is 4.38. The molecule has 0 fully saturated rings. The van der Waals surface area contributed by atoms with Gasteiger partial charge in [0.05, 0.1) is 5.69 Å². The van der Waals surface area contributed by atoms with E-state index in [-0.39, 0.29) is 6.04 Å². The van der Waals surface area contributed by atoms with Crippen LogP contribution in [0, 0.1) is 0 Å². The molecule has 0 bridgehead atoms. The van der Waals surface area contributed by atoms with Crippen LogP contribution in [0.1, 0.15) is 18.7 Å². The molecule has 2 atom stereocenters. The highest BCUT2D eigenvalue weighted by molar-refractivity contribution is 5.02. The van der Waals surface area contributed by atoms with Gasteiger partial charge in [-0.05, 0) is 13.0 Å². The van der Waals surface area contributed by atoms with E-state index in [0.717, 1.165) is 0 Å². The SMILES string of the molecule is CC(NCC(O)C(F)(F)F)c1ccn[nH]1. The zero-order valence-electron chi connectivity index (χ0n) is 8.04. The van der Waals surface area contributed by atoms with Crippen LogP contribution < -0.4 is 5.32 Å². The maximum atomic E-state index is 11.9. The molecule has 1 aromatic heterocycles. The van der Waals surface area contributed by atoms with Crippen molar-refractivity contribution in [2.75, 3.05) is 6.54 Å². The largest absolute Gasteiger partial charge is 0.415 e. The average molecular weight is 223 g/mol. The summed E-state index contributed by atoms with van der Waals surface area (Å²) in [5.74, 6) is 0. The van der Waals surface area contributed by atoms with Gasteiger partial charge in [-0.1, -0.05) is 0 Å². The lowest BCUT2D eigenvalue weighted by Gasteiger charge is -2.18. The molecule has 0 aliphatic rings. The van der Waals surface area contributed by atoms with E-state index in [0.29, 0.717) is 5.69 Å². The lowest BCUT2D eigenvalue weighted by molar-refractivity contribution is -0.202. The molecule has 1 rings (SSSR count). The Morgan fingerprint density at radius 2 is 2.27 bits per heavy atom. The maximum absolute atomic E-state index is 11.9. The quantitative estimate of drug-likeness (QED) is 0.713. The minimum atomic E-state index is -4.58. The van der Waals surface area contributed by atoms with Crippen LogP contribution in [0.5, 0.6) is 0 Å². The highest BCUT2D eigenvalue weighted by Gasteiger charge is 2.37. The van der Waals surface area contributed by atoms with Gasteiger partial charge >= 0.3 is 6.18 Å². The van der Waals surface area contributed by atoms with Crippen LogP contribution in [0.2, 0.25) is 0 Å².